The highest BCUT2D eigenvalue weighted by atomic mass is 79.9. The first-order valence-corrected chi connectivity index (χ1v) is 7.34. The lowest BCUT2D eigenvalue weighted by molar-refractivity contribution is 0.418. The predicted octanol–water partition coefficient (Wildman–Crippen LogP) is 3.29. The van der Waals surface area contributed by atoms with Crippen LogP contribution in [0.2, 0.25) is 5.02 Å². The van der Waals surface area contributed by atoms with Crippen LogP contribution in [-0.4, -0.2) is 25.7 Å². The van der Waals surface area contributed by atoms with Crippen molar-refractivity contribution in [3.8, 4) is 0 Å². The van der Waals surface area contributed by atoms with E-state index in [-0.39, 0.29) is 0 Å². The number of anilines is 1. The summed E-state index contributed by atoms with van der Waals surface area (Å²) in [4.78, 5) is 2.44. The Morgan fingerprint density at radius 2 is 2.18 bits per heavy atom. The Bertz CT molecular complexity index is 420. The van der Waals surface area contributed by atoms with Gasteiger partial charge < -0.3 is 10.2 Å². The summed E-state index contributed by atoms with van der Waals surface area (Å²) in [5, 5.41) is 4.43. The minimum Gasteiger partial charge on any atom is -0.368 e. The van der Waals surface area contributed by atoms with Crippen LogP contribution in [0, 0.1) is 5.92 Å². The van der Waals surface area contributed by atoms with Gasteiger partial charge in [0.15, 0.2) is 0 Å². The molecule has 1 saturated heterocycles. The zero-order valence-electron chi connectivity index (χ0n) is 9.63. The fourth-order valence-electron chi connectivity index (χ4n) is 2.54. The SMILES string of the molecule is Clc1ccc(Br)c(N2CCNC(C3CC3)C2)c1. The third-order valence-corrected chi connectivity index (χ3v) is 4.55. The molecule has 0 radical (unpaired) electrons. The summed E-state index contributed by atoms with van der Waals surface area (Å²) < 4.78 is 1.14. The fourth-order valence-corrected chi connectivity index (χ4v) is 3.20. The molecule has 2 fully saturated rings. The molecule has 1 N–H and O–H groups in total. The molecule has 92 valence electrons. The van der Waals surface area contributed by atoms with Gasteiger partial charge in [-0.15, -0.1) is 0 Å². The summed E-state index contributed by atoms with van der Waals surface area (Å²) in [5.41, 5.74) is 1.23. The molecular weight excluding hydrogens is 300 g/mol. The topological polar surface area (TPSA) is 15.3 Å². The molecule has 1 heterocycles. The zero-order chi connectivity index (χ0) is 11.8. The molecule has 2 aliphatic rings. The molecule has 1 aromatic carbocycles. The second kappa shape index (κ2) is 4.79. The van der Waals surface area contributed by atoms with Gasteiger partial charge in [-0.05, 0) is 52.9 Å². The van der Waals surface area contributed by atoms with E-state index in [1.165, 1.54) is 18.5 Å². The first kappa shape index (κ1) is 11.8. The van der Waals surface area contributed by atoms with Crippen molar-refractivity contribution < 1.29 is 0 Å². The van der Waals surface area contributed by atoms with Gasteiger partial charge in [-0.1, -0.05) is 11.6 Å². The monoisotopic (exact) mass is 314 g/mol. The third-order valence-electron chi connectivity index (χ3n) is 3.65. The first-order valence-electron chi connectivity index (χ1n) is 6.17. The van der Waals surface area contributed by atoms with Crippen molar-refractivity contribution in [1.29, 1.82) is 0 Å². The van der Waals surface area contributed by atoms with Crippen molar-refractivity contribution >= 4 is 33.2 Å². The summed E-state index contributed by atoms with van der Waals surface area (Å²) in [6.07, 6.45) is 2.78. The molecule has 1 saturated carbocycles. The Kier molecular flexibility index (Phi) is 3.33. The third kappa shape index (κ3) is 2.61. The standard InChI is InChI=1S/C13H16BrClN2/c14-11-4-3-10(15)7-13(11)17-6-5-16-12(8-17)9-1-2-9/h3-4,7,9,12,16H,1-2,5-6,8H2. The van der Waals surface area contributed by atoms with E-state index in [0.717, 1.165) is 35.0 Å². The summed E-state index contributed by atoms with van der Waals surface area (Å²) in [6.45, 7) is 3.23. The van der Waals surface area contributed by atoms with E-state index >= 15 is 0 Å². The predicted molar refractivity (Wildman–Crippen MR) is 75.9 cm³/mol. The molecule has 0 bridgehead atoms. The van der Waals surface area contributed by atoms with Crippen molar-refractivity contribution in [1.82, 2.24) is 5.32 Å². The van der Waals surface area contributed by atoms with Crippen molar-refractivity contribution in [3.63, 3.8) is 0 Å². The van der Waals surface area contributed by atoms with Crippen LogP contribution in [0.1, 0.15) is 12.8 Å². The molecular formula is C13H16BrClN2. The van der Waals surface area contributed by atoms with Crippen LogP contribution in [0.5, 0.6) is 0 Å². The zero-order valence-corrected chi connectivity index (χ0v) is 12.0. The molecule has 1 aliphatic heterocycles. The Labute approximate surface area is 115 Å². The van der Waals surface area contributed by atoms with Gasteiger partial charge >= 0.3 is 0 Å². The van der Waals surface area contributed by atoms with Crippen LogP contribution in [0.25, 0.3) is 0 Å². The lowest BCUT2D eigenvalue weighted by Crippen LogP contribution is -2.51. The van der Waals surface area contributed by atoms with Gasteiger partial charge in [0, 0.05) is 35.2 Å². The molecule has 1 unspecified atom stereocenters. The molecule has 1 atom stereocenters. The second-order valence-corrected chi connectivity index (χ2v) is 6.23. The molecule has 4 heteroatoms. The smallest absolute Gasteiger partial charge is 0.0526 e. The van der Waals surface area contributed by atoms with Gasteiger partial charge in [0.2, 0.25) is 0 Å². The van der Waals surface area contributed by atoms with Gasteiger partial charge in [0.05, 0.1) is 5.69 Å². The van der Waals surface area contributed by atoms with E-state index in [1.807, 2.05) is 12.1 Å². The summed E-state index contributed by atoms with van der Waals surface area (Å²) in [6, 6.07) is 6.68. The highest BCUT2D eigenvalue weighted by molar-refractivity contribution is 9.10. The van der Waals surface area contributed by atoms with E-state index in [0.29, 0.717) is 6.04 Å². The van der Waals surface area contributed by atoms with Gasteiger partial charge in [-0.25, -0.2) is 0 Å². The Balaban J connectivity index is 1.79. The largest absolute Gasteiger partial charge is 0.368 e. The Hall–Kier alpha value is -0.250. The molecule has 3 rings (SSSR count). The number of nitrogens with one attached hydrogen (secondary N) is 1. The average Bonchev–Trinajstić information content (AvgIpc) is 3.17. The summed E-state index contributed by atoms with van der Waals surface area (Å²) in [7, 11) is 0. The number of nitrogens with zero attached hydrogens (tertiary/aromatic N) is 1. The van der Waals surface area contributed by atoms with E-state index in [9.17, 15) is 0 Å². The summed E-state index contributed by atoms with van der Waals surface area (Å²) in [5.74, 6) is 0.899. The Morgan fingerprint density at radius 1 is 1.35 bits per heavy atom. The normalized spacial score (nSPS) is 25.1. The minimum absolute atomic E-state index is 0.662. The van der Waals surface area contributed by atoms with Crippen LogP contribution in [0.15, 0.2) is 22.7 Å². The lowest BCUT2D eigenvalue weighted by Gasteiger charge is -2.36. The van der Waals surface area contributed by atoms with E-state index < -0.39 is 0 Å². The van der Waals surface area contributed by atoms with Gasteiger partial charge in [-0.3, -0.25) is 0 Å². The molecule has 0 aromatic heterocycles. The van der Waals surface area contributed by atoms with Gasteiger partial charge in [0.25, 0.3) is 0 Å². The molecule has 0 spiro atoms. The number of hydrogen-bond acceptors (Lipinski definition) is 2. The number of piperazine rings is 1. The molecule has 1 aliphatic carbocycles. The quantitative estimate of drug-likeness (QED) is 0.901. The maximum absolute atomic E-state index is 6.08. The second-order valence-electron chi connectivity index (χ2n) is 4.94. The van der Waals surface area contributed by atoms with E-state index in [2.05, 4.69) is 32.2 Å². The van der Waals surface area contributed by atoms with Crippen molar-refractivity contribution in [3.05, 3.63) is 27.7 Å². The van der Waals surface area contributed by atoms with Crippen molar-refractivity contribution in [2.75, 3.05) is 24.5 Å². The lowest BCUT2D eigenvalue weighted by atomic mass is 10.1. The molecule has 17 heavy (non-hydrogen) atoms. The van der Waals surface area contributed by atoms with Gasteiger partial charge in [-0.2, -0.15) is 0 Å². The van der Waals surface area contributed by atoms with Crippen molar-refractivity contribution in [2.45, 2.75) is 18.9 Å². The van der Waals surface area contributed by atoms with Crippen molar-refractivity contribution in [2.24, 2.45) is 5.92 Å². The number of rotatable bonds is 2. The first-order chi connectivity index (χ1) is 8.24. The van der Waals surface area contributed by atoms with Gasteiger partial charge in [0.1, 0.15) is 0 Å². The highest BCUT2D eigenvalue weighted by Crippen LogP contribution is 2.36. The molecule has 1 aromatic rings. The molecule has 2 nitrogen and oxygen atoms in total. The summed E-state index contributed by atoms with van der Waals surface area (Å²) >= 11 is 9.70. The highest BCUT2D eigenvalue weighted by Gasteiger charge is 2.34. The maximum atomic E-state index is 6.08. The molecule has 0 amide bonds. The number of hydrogen-bond donors (Lipinski definition) is 1. The van der Waals surface area contributed by atoms with Crippen LogP contribution < -0.4 is 10.2 Å². The van der Waals surface area contributed by atoms with Crippen LogP contribution in [-0.2, 0) is 0 Å². The van der Waals surface area contributed by atoms with E-state index in [1.54, 1.807) is 0 Å². The van der Waals surface area contributed by atoms with E-state index in [4.69, 9.17) is 11.6 Å². The average molecular weight is 316 g/mol. The Morgan fingerprint density at radius 3 is 2.94 bits per heavy atom. The maximum Gasteiger partial charge on any atom is 0.0526 e. The van der Waals surface area contributed by atoms with Crippen LogP contribution >= 0.6 is 27.5 Å². The minimum atomic E-state index is 0.662. The number of benzene rings is 1. The van der Waals surface area contributed by atoms with Crippen LogP contribution in [0.4, 0.5) is 5.69 Å². The number of halogens is 2. The fraction of sp³-hybridized carbons (Fsp3) is 0.538. The van der Waals surface area contributed by atoms with Crippen LogP contribution in [0.3, 0.4) is 0 Å².